The number of nitriles is 1. The van der Waals surface area contributed by atoms with E-state index in [9.17, 15) is 5.11 Å². The zero-order valence-corrected chi connectivity index (χ0v) is 6.99. The highest BCUT2D eigenvalue weighted by Crippen LogP contribution is 2.15. The second-order valence-corrected chi connectivity index (χ2v) is 2.79. The van der Waals surface area contributed by atoms with E-state index < -0.39 is 6.10 Å². The highest BCUT2D eigenvalue weighted by molar-refractivity contribution is 5.23. The lowest BCUT2D eigenvalue weighted by Gasteiger charge is -2.05. The van der Waals surface area contributed by atoms with Gasteiger partial charge in [0.15, 0.2) is 0 Å². The van der Waals surface area contributed by atoms with Crippen LogP contribution < -0.4 is 0 Å². The van der Waals surface area contributed by atoms with Crippen LogP contribution in [0.1, 0.15) is 23.7 Å². The molecule has 0 aromatic heterocycles. The summed E-state index contributed by atoms with van der Waals surface area (Å²) >= 11 is 0. The minimum absolute atomic E-state index is 0.156. The van der Waals surface area contributed by atoms with Gasteiger partial charge in [0.1, 0.15) is 0 Å². The van der Waals surface area contributed by atoms with E-state index in [1.165, 1.54) is 0 Å². The van der Waals surface area contributed by atoms with Crippen molar-refractivity contribution in [2.24, 2.45) is 0 Å². The van der Waals surface area contributed by atoms with Gasteiger partial charge < -0.3 is 5.11 Å². The SMILES string of the molecule is Cc1ccc([C@H](O)CC#N)cc1. The smallest absolute Gasteiger partial charge is 0.0919 e. The summed E-state index contributed by atoms with van der Waals surface area (Å²) in [6, 6.07) is 9.47. The monoisotopic (exact) mass is 161 g/mol. The standard InChI is InChI=1S/C10H11NO/c1-8-2-4-9(5-3-8)10(12)6-7-11/h2-5,10,12H,6H2,1H3/t10-/m1/s1. The minimum Gasteiger partial charge on any atom is -0.387 e. The van der Waals surface area contributed by atoms with Crippen LogP contribution in [0.15, 0.2) is 24.3 Å². The van der Waals surface area contributed by atoms with Crippen LogP contribution >= 0.6 is 0 Å². The molecule has 0 unspecified atom stereocenters. The first-order valence-corrected chi connectivity index (χ1v) is 3.85. The molecule has 2 heteroatoms. The number of aliphatic hydroxyl groups excluding tert-OH is 1. The molecule has 0 radical (unpaired) electrons. The quantitative estimate of drug-likeness (QED) is 0.720. The lowest BCUT2D eigenvalue weighted by Crippen LogP contribution is -1.95. The summed E-state index contributed by atoms with van der Waals surface area (Å²) in [5.74, 6) is 0. The van der Waals surface area contributed by atoms with Crippen molar-refractivity contribution in [3.05, 3.63) is 35.4 Å². The Morgan fingerprint density at radius 1 is 1.42 bits per heavy atom. The summed E-state index contributed by atoms with van der Waals surface area (Å²) in [6.07, 6.45) is -0.487. The van der Waals surface area contributed by atoms with Crippen molar-refractivity contribution in [1.82, 2.24) is 0 Å². The lowest BCUT2D eigenvalue weighted by molar-refractivity contribution is 0.183. The molecule has 0 aliphatic carbocycles. The maximum absolute atomic E-state index is 9.39. The van der Waals surface area contributed by atoms with E-state index in [4.69, 9.17) is 5.26 Å². The number of hydrogen-bond acceptors (Lipinski definition) is 2. The molecular formula is C10H11NO. The molecule has 0 aliphatic heterocycles. The molecule has 0 aliphatic rings. The maximum atomic E-state index is 9.39. The Kier molecular flexibility index (Phi) is 2.84. The predicted molar refractivity (Wildman–Crippen MR) is 46.4 cm³/mol. The van der Waals surface area contributed by atoms with E-state index >= 15 is 0 Å². The molecule has 0 heterocycles. The number of benzene rings is 1. The topological polar surface area (TPSA) is 44.0 Å². The fraction of sp³-hybridized carbons (Fsp3) is 0.300. The molecule has 1 aromatic rings. The van der Waals surface area contributed by atoms with Crippen LogP contribution in [-0.2, 0) is 0 Å². The Bertz CT molecular complexity index is 284. The van der Waals surface area contributed by atoms with Gasteiger partial charge in [-0.1, -0.05) is 29.8 Å². The maximum Gasteiger partial charge on any atom is 0.0919 e. The molecule has 0 amide bonds. The van der Waals surface area contributed by atoms with Gasteiger partial charge in [0.05, 0.1) is 18.6 Å². The van der Waals surface area contributed by atoms with Crippen molar-refractivity contribution in [1.29, 1.82) is 5.26 Å². The van der Waals surface area contributed by atoms with Gasteiger partial charge in [-0.3, -0.25) is 0 Å². The van der Waals surface area contributed by atoms with Gasteiger partial charge in [0, 0.05) is 0 Å². The third kappa shape index (κ3) is 2.08. The van der Waals surface area contributed by atoms with E-state index in [0.717, 1.165) is 11.1 Å². The Hall–Kier alpha value is -1.33. The van der Waals surface area contributed by atoms with Crippen LogP contribution in [0.5, 0.6) is 0 Å². The fourth-order valence-corrected chi connectivity index (χ4v) is 0.993. The van der Waals surface area contributed by atoms with Crippen molar-refractivity contribution in [2.45, 2.75) is 19.4 Å². The molecular weight excluding hydrogens is 150 g/mol. The van der Waals surface area contributed by atoms with Crippen LogP contribution in [0.4, 0.5) is 0 Å². The van der Waals surface area contributed by atoms with Crippen molar-refractivity contribution >= 4 is 0 Å². The molecule has 0 saturated carbocycles. The van der Waals surface area contributed by atoms with Crippen LogP contribution in [-0.4, -0.2) is 5.11 Å². The van der Waals surface area contributed by atoms with E-state index in [0.29, 0.717) is 0 Å². The van der Waals surface area contributed by atoms with Gasteiger partial charge in [-0.15, -0.1) is 0 Å². The second-order valence-electron chi connectivity index (χ2n) is 2.79. The molecule has 1 atom stereocenters. The molecule has 0 spiro atoms. The Balaban J connectivity index is 2.76. The first-order valence-electron chi connectivity index (χ1n) is 3.85. The summed E-state index contributed by atoms with van der Waals surface area (Å²) in [6.45, 7) is 1.99. The number of hydrogen-bond donors (Lipinski definition) is 1. The van der Waals surface area contributed by atoms with Crippen molar-refractivity contribution in [3.63, 3.8) is 0 Å². The number of aliphatic hydroxyl groups is 1. The van der Waals surface area contributed by atoms with Crippen molar-refractivity contribution in [3.8, 4) is 6.07 Å². The van der Waals surface area contributed by atoms with Gasteiger partial charge in [0.2, 0.25) is 0 Å². The third-order valence-corrected chi connectivity index (χ3v) is 1.75. The Morgan fingerprint density at radius 3 is 2.50 bits per heavy atom. The molecule has 1 aromatic carbocycles. The number of aryl methyl sites for hydroxylation is 1. The van der Waals surface area contributed by atoms with E-state index in [1.54, 1.807) is 0 Å². The zero-order valence-electron chi connectivity index (χ0n) is 6.99. The van der Waals surface area contributed by atoms with Crippen molar-refractivity contribution in [2.75, 3.05) is 0 Å². The minimum atomic E-state index is -0.643. The summed E-state index contributed by atoms with van der Waals surface area (Å²) in [4.78, 5) is 0. The van der Waals surface area contributed by atoms with Gasteiger partial charge in [-0.05, 0) is 12.5 Å². The van der Waals surface area contributed by atoms with E-state index in [2.05, 4.69) is 0 Å². The number of nitrogens with zero attached hydrogens (tertiary/aromatic N) is 1. The zero-order chi connectivity index (χ0) is 8.97. The highest BCUT2D eigenvalue weighted by atomic mass is 16.3. The normalized spacial score (nSPS) is 12.1. The molecule has 12 heavy (non-hydrogen) atoms. The number of rotatable bonds is 2. The van der Waals surface area contributed by atoms with Gasteiger partial charge in [0.25, 0.3) is 0 Å². The third-order valence-electron chi connectivity index (χ3n) is 1.75. The molecule has 0 fully saturated rings. The van der Waals surface area contributed by atoms with Gasteiger partial charge in [-0.25, -0.2) is 0 Å². The van der Waals surface area contributed by atoms with Crippen LogP contribution in [0, 0.1) is 18.3 Å². The first kappa shape index (κ1) is 8.76. The van der Waals surface area contributed by atoms with E-state index in [1.807, 2.05) is 37.3 Å². The summed E-state index contributed by atoms with van der Waals surface area (Å²) in [5.41, 5.74) is 1.96. The molecule has 1 rings (SSSR count). The van der Waals surface area contributed by atoms with Crippen LogP contribution in [0.25, 0.3) is 0 Å². The summed E-state index contributed by atoms with van der Waals surface area (Å²) in [5, 5.41) is 17.7. The van der Waals surface area contributed by atoms with Gasteiger partial charge >= 0.3 is 0 Å². The van der Waals surface area contributed by atoms with Crippen LogP contribution in [0.3, 0.4) is 0 Å². The summed E-state index contributed by atoms with van der Waals surface area (Å²) < 4.78 is 0. The molecule has 0 saturated heterocycles. The largest absolute Gasteiger partial charge is 0.387 e. The molecule has 2 nitrogen and oxygen atoms in total. The average molecular weight is 161 g/mol. The average Bonchev–Trinajstić information content (AvgIpc) is 2.06. The molecule has 62 valence electrons. The Labute approximate surface area is 72.1 Å². The van der Waals surface area contributed by atoms with E-state index in [-0.39, 0.29) is 6.42 Å². The predicted octanol–water partition coefficient (Wildman–Crippen LogP) is 1.94. The van der Waals surface area contributed by atoms with Gasteiger partial charge in [-0.2, -0.15) is 5.26 Å². The fourth-order valence-electron chi connectivity index (χ4n) is 0.993. The van der Waals surface area contributed by atoms with Crippen LogP contribution in [0.2, 0.25) is 0 Å². The lowest BCUT2D eigenvalue weighted by atomic mass is 10.1. The highest BCUT2D eigenvalue weighted by Gasteiger charge is 2.04. The molecule has 0 bridgehead atoms. The Morgan fingerprint density at radius 2 is 2.00 bits per heavy atom. The summed E-state index contributed by atoms with van der Waals surface area (Å²) in [7, 11) is 0. The molecule has 1 N–H and O–H groups in total. The first-order chi connectivity index (χ1) is 5.74. The second kappa shape index (κ2) is 3.89. The van der Waals surface area contributed by atoms with Crippen molar-refractivity contribution < 1.29 is 5.11 Å².